The minimum absolute atomic E-state index is 0.794. The van der Waals surface area contributed by atoms with E-state index in [4.69, 9.17) is 0 Å². The molecule has 0 bridgehead atoms. The minimum Gasteiger partial charge on any atom is -0.302 e. The van der Waals surface area contributed by atoms with Crippen LogP contribution in [0.15, 0.2) is 16.8 Å². The van der Waals surface area contributed by atoms with E-state index in [1.54, 1.807) is 11.3 Å². The molecule has 2 rings (SSSR count). The fraction of sp³-hybridized carbons (Fsp3) is 0.636. The normalized spacial score (nSPS) is 26.5. The van der Waals surface area contributed by atoms with Crippen LogP contribution in [0, 0.1) is 5.92 Å². The van der Waals surface area contributed by atoms with Gasteiger partial charge in [0, 0.05) is 17.9 Å². The molecular formula is C11H16BrNS. The van der Waals surface area contributed by atoms with E-state index in [1.807, 2.05) is 0 Å². The van der Waals surface area contributed by atoms with Gasteiger partial charge in [-0.1, -0.05) is 15.9 Å². The first-order valence-corrected chi connectivity index (χ1v) is 6.93. The summed E-state index contributed by atoms with van der Waals surface area (Å²) in [5.74, 6) is 0.919. The lowest BCUT2D eigenvalue weighted by molar-refractivity contribution is 0.208. The molecule has 1 saturated carbocycles. The van der Waals surface area contributed by atoms with Gasteiger partial charge < -0.3 is 4.90 Å². The highest BCUT2D eigenvalue weighted by Crippen LogP contribution is 2.33. The van der Waals surface area contributed by atoms with Gasteiger partial charge in [0.15, 0.2) is 0 Å². The molecule has 0 N–H and O–H groups in total. The second kappa shape index (κ2) is 4.77. The largest absolute Gasteiger partial charge is 0.302 e. The lowest BCUT2D eigenvalue weighted by atomic mass is 9.85. The SMILES string of the molecule is CN(Cc1ccsc1)CC1CC(Br)C1. The van der Waals surface area contributed by atoms with Gasteiger partial charge in [0.25, 0.3) is 0 Å². The Bertz CT molecular complexity index is 267. The van der Waals surface area contributed by atoms with Crippen LogP contribution in [0.3, 0.4) is 0 Å². The molecule has 1 aromatic rings. The van der Waals surface area contributed by atoms with E-state index in [0.29, 0.717) is 0 Å². The topological polar surface area (TPSA) is 3.24 Å². The van der Waals surface area contributed by atoms with Gasteiger partial charge in [0.2, 0.25) is 0 Å². The van der Waals surface area contributed by atoms with Crippen LogP contribution in [0.25, 0.3) is 0 Å². The average Bonchev–Trinajstić information content (AvgIpc) is 2.54. The second-order valence-electron chi connectivity index (χ2n) is 4.26. The van der Waals surface area contributed by atoms with Crippen molar-refractivity contribution in [3.8, 4) is 0 Å². The Morgan fingerprint density at radius 1 is 1.57 bits per heavy atom. The first-order chi connectivity index (χ1) is 6.74. The first kappa shape index (κ1) is 10.7. The van der Waals surface area contributed by atoms with Crippen LogP contribution in [-0.2, 0) is 6.54 Å². The Labute approximate surface area is 98.2 Å². The molecule has 3 heteroatoms. The standard InChI is InChI=1S/C11H16BrNS/c1-13(6-9-2-3-14-8-9)7-10-4-11(12)5-10/h2-3,8,10-11H,4-7H2,1H3. The summed E-state index contributed by atoms with van der Waals surface area (Å²) in [6, 6.07) is 2.22. The molecule has 0 atom stereocenters. The Hall–Kier alpha value is 0.140. The fourth-order valence-electron chi connectivity index (χ4n) is 2.00. The van der Waals surface area contributed by atoms with Crippen molar-refractivity contribution < 1.29 is 0 Å². The number of halogens is 1. The number of rotatable bonds is 4. The number of hydrogen-bond donors (Lipinski definition) is 0. The lowest BCUT2D eigenvalue weighted by Gasteiger charge is -2.34. The maximum absolute atomic E-state index is 3.63. The molecule has 0 saturated heterocycles. The van der Waals surface area contributed by atoms with Crippen LogP contribution in [-0.4, -0.2) is 23.3 Å². The van der Waals surface area contributed by atoms with E-state index >= 15 is 0 Å². The summed E-state index contributed by atoms with van der Waals surface area (Å²) in [6.45, 7) is 2.35. The van der Waals surface area contributed by atoms with Gasteiger partial charge in [-0.05, 0) is 48.2 Å². The van der Waals surface area contributed by atoms with Crippen LogP contribution >= 0.6 is 27.3 Å². The van der Waals surface area contributed by atoms with E-state index in [1.165, 1.54) is 24.9 Å². The van der Waals surface area contributed by atoms with Crippen LogP contribution in [0.5, 0.6) is 0 Å². The summed E-state index contributed by atoms with van der Waals surface area (Å²) >= 11 is 5.42. The number of alkyl halides is 1. The monoisotopic (exact) mass is 273 g/mol. The van der Waals surface area contributed by atoms with Gasteiger partial charge in [-0.3, -0.25) is 0 Å². The Kier molecular flexibility index (Phi) is 3.63. The number of thiophene rings is 1. The molecule has 1 heterocycles. The lowest BCUT2D eigenvalue weighted by Crippen LogP contribution is -2.34. The molecule has 1 fully saturated rings. The third-order valence-corrected chi connectivity index (χ3v) is 4.26. The highest BCUT2D eigenvalue weighted by Gasteiger charge is 2.27. The summed E-state index contributed by atoms with van der Waals surface area (Å²) in [5.41, 5.74) is 1.45. The first-order valence-electron chi connectivity index (χ1n) is 5.07. The molecular weight excluding hydrogens is 258 g/mol. The summed E-state index contributed by atoms with van der Waals surface area (Å²) in [6.07, 6.45) is 2.71. The second-order valence-corrected chi connectivity index (χ2v) is 6.34. The average molecular weight is 274 g/mol. The summed E-state index contributed by atoms with van der Waals surface area (Å²) in [7, 11) is 2.22. The van der Waals surface area contributed by atoms with Crippen LogP contribution in [0.2, 0.25) is 0 Å². The van der Waals surface area contributed by atoms with E-state index in [2.05, 4.69) is 44.7 Å². The zero-order valence-corrected chi connectivity index (χ0v) is 10.9. The van der Waals surface area contributed by atoms with Crippen molar-refractivity contribution in [3.63, 3.8) is 0 Å². The molecule has 0 amide bonds. The van der Waals surface area contributed by atoms with Crippen molar-refractivity contribution in [1.29, 1.82) is 0 Å². The zero-order chi connectivity index (χ0) is 9.97. The Morgan fingerprint density at radius 2 is 2.36 bits per heavy atom. The van der Waals surface area contributed by atoms with Crippen molar-refractivity contribution in [2.75, 3.05) is 13.6 Å². The van der Waals surface area contributed by atoms with Gasteiger partial charge in [0.1, 0.15) is 0 Å². The van der Waals surface area contributed by atoms with Gasteiger partial charge in [-0.15, -0.1) is 0 Å². The smallest absolute Gasteiger partial charge is 0.0239 e. The van der Waals surface area contributed by atoms with Gasteiger partial charge in [0.05, 0.1) is 0 Å². The van der Waals surface area contributed by atoms with Crippen LogP contribution < -0.4 is 0 Å². The predicted octanol–water partition coefficient (Wildman–Crippen LogP) is 3.35. The van der Waals surface area contributed by atoms with Gasteiger partial charge in [-0.2, -0.15) is 11.3 Å². The van der Waals surface area contributed by atoms with E-state index in [0.717, 1.165) is 17.3 Å². The minimum atomic E-state index is 0.794. The zero-order valence-electron chi connectivity index (χ0n) is 8.45. The molecule has 78 valence electrons. The van der Waals surface area contributed by atoms with Crippen molar-refractivity contribution in [2.45, 2.75) is 24.2 Å². The third-order valence-electron chi connectivity index (χ3n) is 2.78. The maximum atomic E-state index is 3.63. The molecule has 1 aromatic heterocycles. The molecule has 0 spiro atoms. The Morgan fingerprint density at radius 3 is 2.93 bits per heavy atom. The van der Waals surface area contributed by atoms with Crippen molar-refractivity contribution in [3.05, 3.63) is 22.4 Å². The highest BCUT2D eigenvalue weighted by molar-refractivity contribution is 9.09. The van der Waals surface area contributed by atoms with Crippen molar-refractivity contribution in [2.24, 2.45) is 5.92 Å². The predicted molar refractivity (Wildman–Crippen MR) is 66.1 cm³/mol. The molecule has 1 aliphatic rings. The van der Waals surface area contributed by atoms with Gasteiger partial charge >= 0.3 is 0 Å². The van der Waals surface area contributed by atoms with Crippen LogP contribution in [0.1, 0.15) is 18.4 Å². The number of nitrogens with zero attached hydrogens (tertiary/aromatic N) is 1. The molecule has 0 unspecified atom stereocenters. The third kappa shape index (κ3) is 2.81. The summed E-state index contributed by atoms with van der Waals surface area (Å²) in [5, 5.41) is 4.39. The van der Waals surface area contributed by atoms with E-state index in [-0.39, 0.29) is 0 Å². The van der Waals surface area contributed by atoms with E-state index in [9.17, 15) is 0 Å². The summed E-state index contributed by atoms with van der Waals surface area (Å²) < 4.78 is 0. The summed E-state index contributed by atoms with van der Waals surface area (Å²) in [4.78, 5) is 3.23. The van der Waals surface area contributed by atoms with Crippen molar-refractivity contribution >= 4 is 27.3 Å². The van der Waals surface area contributed by atoms with Gasteiger partial charge in [-0.25, -0.2) is 0 Å². The molecule has 0 radical (unpaired) electrons. The Balaban J connectivity index is 1.71. The fourth-order valence-corrected chi connectivity index (χ4v) is 3.72. The van der Waals surface area contributed by atoms with E-state index < -0.39 is 0 Å². The van der Waals surface area contributed by atoms with Crippen molar-refractivity contribution in [1.82, 2.24) is 4.90 Å². The molecule has 1 nitrogen and oxygen atoms in total. The number of hydrogen-bond acceptors (Lipinski definition) is 2. The van der Waals surface area contributed by atoms with Crippen LogP contribution in [0.4, 0.5) is 0 Å². The quantitative estimate of drug-likeness (QED) is 0.761. The molecule has 1 aliphatic carbocycles. The molecule has 14 heavy (non-hydrogen) atoms. The molecule has 0 aliphatic heterocycles. The highest BCUT2D eigenvalue weighted by atomic mass is 79.9. The molecule has 0 aromatic carbocycles. The maximum Gasteiger partial charge on any atom is 0.0239 e.